The van der Waals surface area contributed by atoms with Crippen molar-refractivity contribution in [3.8, 4) is 0 Å². The first-order valence-electron chi connectivity index (χ1n) is 7.07. The Hall–Kier alpha value is -1.85. The zero-order valence-electron chi connectivity index (χ0n) is 12.2. The van der Waals surface area contributed by atoms with Crippen LogP contribution in [0.4, 0.5) is 0 Å². The van der Waals surface area contributed by atoms with Crippen molar-refractivity contribution in [3.05, 3.63) is 11.8 Å². The highest BCUT2D eigenvalue weighted by Gasteiger charge is 2.47. The molecule has 0 bridgehead atoms. The standard InChI is InChI=1S/C14H20N4O2/c1-9-8-10-11(14(20)16(9)2)12(15-17(3)13(10)19)18-6-4-5-7-18/h8,10-11H,4-7H2,1-3H3. The molecular weight excluding hydrogens is 256 g/mol. The maximum atomic E-state index is 12.6. The van der Waals surface area contributed by atoms with Crippen molar-refractivity contribution in [3.63, 3.8) is 0 Å². The van der Waals surface area contributed by atoms with Crippen LogP contribution in [-0.4, -0.2) is 59.6 Å². The molecule has 20 heavy (non-hydrogen) atoms. The lowest BCUT2D eigenvalue weighted by Gasteiger charge is -2.40. The predicted molar refractivity (Wildman–Crippen MR) is 74.5 cm³/mol. The van der Waals surface area contributed by atoms with Crippen molar-refractivity contribution in [2.24, 2.45) is 16.9 Å². The molecule has 108 valence electrons. The van der Waals surface area contributed by atoms with Gasteiger partial charge in [-0.2, -0.15) is 5.10 Å². The molecule has 2 unspecified atom stereocenters. The van der Waals surface area contributed by atoms with Gasteiger partial charge in [0.25, 0.3) is 5.91 Å². The van der Waals surface area contributed by atoms with E-state index in [0.717, 1.165) is 37.5 Å². The Labute approximate surface area is 118 Å². The van der Waals surface area contributed by atoms with Crippen molar-refractivity contribution in [2.45, 2.75) is 19.8 Å². The van der Waals surface area contributed by atoms with Crippen LogP contribution in [0.5, 0.6) is 0 Å². The third-order valence-corrected chi connectivity index (χ3v) is 4.47. The number of amides is 2. The predicted octanol–water partition coefficient (Wildman–Crippen LogP) is 0.476. The summed E-state index contributed by atoms with van der Waals surface area (Å²) in [6.07, 6.45) is 4.13. The van der Waals surface area contributed by atoms with E-state index < -0.39 is 11.8 Å². The number of nitrogens with zero attached hydrogens (tertiary/aromatic N) is 4. The highest BCUT2D eigenvalue weighted by Crippen LogP contribution is 2.33. The number of hydrogen-bond donors (Lipinski definition) is 0. The fraction of sp³-hybridized carbons (Fsp3) is 0.643. The van der Waals surface area contributed by atoms with Crippen molar-refractivity contribution in [1.29, 1.82) is 0 Å². The number of fused-ring (bicyclic) bond motifs is 1. The normalized spacial score (nSPS) is 30.4. The molecule has 0 aromatic carbocycles. The molecule has 0 radical (unpaired) electrons. The van der Waals surface area contributed by atoms with Crippen molar-refractivity contribution < 1.29 is 9.59 Å². The van der Waals surface area contributed by atoms with Gasteiger partial charge >= 0.3 is 0 Å². The van der Waals surface area contributed by atoms with E-state index >= 15 is 0 Å². The van der Waals surface area contributed by atoms with Gasteiger partial charge in [0, 0.05) is 32.9 Å². The van der Waals surface area contributed by atoms with Crippen LogP contribution in [0, 0.1) is 11.8 Å². The highest BCUT2D eigenvalue weighted by atomic mass is 16.2. The largest absolute Gasteiger partial charge is 0.358 e. The lowest BCUT2D eigenvalue weighted by atomic mass is 9.83. The van der Waals surface area contributed by atoms with Gasteiger partial charge in [-0.05, 0) is 19.8 Å². The molecule has 2 amide bonds. The average molecular weight is 276 g/mol. The molecule has 2 atom stereocenters. The zero-order chi connectivity index (χ0) is 14.4. The number of amidine groups is 1. The van der Waals surface area contributed by atoms with Gasteiger partial charge in [0.15, 0.2) is 0 Å². The molecule has 1 fully saturated rings. The van der Waals surface area contributed by atoms with Crippen LogP contribution in [0.1, 0.15) is 19.8 Å². The van der Waals surface area contributed by atoms with E-state index in [4.69, 9.17) is 0 Å². The lowest BCUT2D eigenvalue weighted by Crippen LogP contribution is -2.55. The lowest BCUT2D eigenvalue weighted by molar-refractivity contribution is -0.143. The Morgan fingerprint density at radius 3 is 2.45 bits per heavy atom. The first-order chi connectivity index (χ1) is 9.50. The molecule has 3 rings (SSSR count). The molecule has 0 aromatic heterocycles. The highest BCUT2D eigenvalue weighted by molar-refractivity contribution is 6.10. The van der Waals surface area contributed by atoms with E-state index in [0.29, 0.717) is 0 Å². The van der Waals surface area contributed by atoms with Gasteiger partial charge < -0.3 is 9.80 Å². The SMILES string of the molecule is CC1=CC2C(=O)N(C)N=C(N3CCCC3)C2C(=O)N1C. The number of allylic oxidation sites excluding steroid dienone is 1. The van der Waals surface area contributed by atoms with Crippen LogP contribution >= 0.6 is 0 Å². The van der Waals surface area contributed by atoms with E-state index in [2.05, 4.69) is 10.0 Å². The minimum Gasteiger partial charge on any atom is -0.358 e. The summed E-state index contributed by atoms with van der Waals surface area (Å²) in [6.45, 7) is 3.70. The number of likely N-dealkylation sites (tertiary alicyclic amines) is 1. The van der Waals surface area contributed by atoms with Crippen molar-refractivity contribution >= 4 is 17.6 Å². The number of carbonyl (C=O) groups excluding carboxylic acids is 2. The summed E-state index contributed by atoms with van der Waals surface area (Å²) in [5, 5.41) is 5.78. The number of rotatable bonds is 0. The molecule has 0 saturated carbocycles. The number of hydrogen-bond acceptors (Lipinski definition) is 4. The first kappa shape index (κ1) is 13.1. The molecule has 1 saturated heterocycles. The third-order valence-electron chi connectivity index (χ3n) is 4.47. The molecule has 6 heteroatoms. The second-order valence-corrected chi connectivity index (χ2v) is 5.72. The summed E-state index contributed by atoms with van der Waals surface area (Å²) in [5.74, 6) is -0.224. The van der Waals surface area contributed by atoms with Gasteiger partial charge in [0.05, 0.1) is 5.92 Å². The summed E-state index contributed by atoms with van der Waals surface area (Å²) >= 11 is 0. The van der Waals surface area contributed by atoms with Gasteiger partial charge in [-0.15, -0.1) is 0 Å². The molecule has 0 N–H and O–H groups in total. The van der Waals surface area contributed by atoms with E-state index in [-0.39, 0.29) is 11.8 Å². The van der Waals surface area contributed by atoms with Gasteiger partial charge in [0.2, 0.25) is 5.91 Å². The van der Waals surface area contributed by atoms with E-state index in [1.165, 1.54) is 5.01 Å². The Balaban J connectivity index is 2.04. The summed E-state index contributed by atoms with van der Waals surface area (Å²) in [4.78, 5) is 28.7. The molecule has 0 spiro atoms. The Morgan fingerprint density at radius 1 is 1.15 bits per heavy atom. The number of carbonyl (C=O) groups is 2. The van der Waals surface area contributed by atoms with E-state index in [1.807, 2.05) is 13.0 Å². The summed E-state index contributed by atoms with van der Waals surface area (Å²) in [7, 11) is 3.43. The average Bonchev–Trinajstić information content (AvgIpc) is 2.94. The molecule has 3 heterocycles. The molecule has 0 aliphatic carbocycles. The molecule has 3 aliphatic heterocycles. The fourth-order valence-corrected chi connectivity index (χ4v) is 3.18. The molecule has 3 aliphatic rings. The van der Waals surface area contributed by atoms with Crippen molar-refractivity contribution in [1.82, 2.24) is 14.8 Å². The van der Waals surface area contributed by atoms with Gasteiger partial charge in [0.1, 0.15) is 11.8 Å². The second-order valence-electron chi connectivity index (χ2n) is 5.72. The maximum Gasteiger partial charge on any atom is 0.250 e. The van der Waals surface area contributed by atoms with Crippen LogP contribution in [0.2, 0.25) is 0 Å². The quantitative estimate of drug-likeness (QED) is 0.646. The smallest absolute Gasteiger partial charge is 0.250 e. The van der Waals surface area contributed by atoms with Crippen LogP contribution in [0.15, 0.2) is 16.9 Å². The van der Waals surface area contributed by atoms with Crippen LogP contribution in [-0.2, 0) is 9.59 Å². The third kappa shape index (κ3) is 1.82. The summed E-state index contributed by atoms with van der Waals surface area (Å²) in [6, 6.07) is 0. The molecular formula is C14H20N4O2. The fourth-order valence-electron chi connectivity index (χ4n) is 3.18. The van der Waals surface area contributed by atoms with Crippen LogP contribution in [0.3, 0.4) is 0 Å². The van der Waals surface area contributed by atoms with Gasteiger partial charge in [-0.3, -0.25) is 9.59 Å². The minimum atomic E-state index is -0.453. The van der Waals surface area contributed by atoms with Crippen LogP contribution < -0.4 is 0 Å². The molecule has 6 nitrogen and oxygen atoms in total. The summed E-state index contributed by atoms with van der Waals surface area (Å²) in [5.41, 5.74) is 0.834. The second kappa shape index (κ2) is 4.61. The monoisotopic (exact) mass is 276 g/mol. The Bertz CT molecular complexity index is 519. The molecule has 0 aromatic rings. The van der Waals surface area contributed by atoms with E-state index in [1.54, 1.807) is 19.0 Å². The topological polar surface area (TPSA) is 56.2 Å². The number of hydrazone groups is 1. The first-order valence-corrected chi connectivity index (χ1v) is 7.07. The Morgan fingerprint density at radius 2 is 1.80 bits per heavy atom. The van der Waals surface area contributed by atoms with E-state index in [9.17, 15) is 9.59 Å². The van der Waals surface area contributed by atoms with Gasteiger partial charge in [-0.25, -0.2) is 5.01 Å². The zero-order valence-corrected chi connectivity index (χ0v) is 12.2. The maximum absolute atomic E-state index is 12.6. The Kier molecular flexibility index (Phi) is 3.03. The van der Waals surface area contributed by atoms with Gasteiger partial charge in [-0.1, -0.05) is 6.08 Å². The minimum absolute atomic E-state index is 0.0258. The summed E-state index contributed by atoms with van der Waals surface area (Å²) < 4.78 is 0. The van der Waals surface area contributed by atoms with Crippen molar-refractivity contribution in [2.75, 3.05) is 27.2 Å². The van der Waals surface area contributed by atoms with Crippen LogP contribution in [0.25, 0.3) is 0 Å².